The van der Waals surface area contributed by atoms with Crippen molar-refractivity contribution in [3.05, 3.63) is 28.5 Å². The lowest BCUT2D eigenvalue weighted by Gasteiger charge is -2.18. The van der Waals surface area contributed by atoms with Crippen molar-refractivity contribution in [1.29, 1.82) is 0 Å². The van der Waals surface area contributed by atoms with Crippen molar-refractivity contribution in [2.45, 2.75) is 57.8 Å². The number of hydrogen-bond acceptors (Lipinski definition) is 6. The van der Waals surface area contributed by atoms with Gasteiger partial charge in [0, 0.05) is 12.8 Å². The molecule has 1 fully saturated rings. The van der Waals surface area contributed by atoms with Crippen LogP contribution < -0.4 is 0 Å². The Morgan fingerprint density at radius 2 is 2.21 bits per heavy atom. The summed E-state index contributed by atoms with van der Waals surface area (Å²) in [6.07, 6.45) is 4.87. The smallest absolute Gasteiger partial charge is 0.208 e. The molecule has 3 aromatic heterocycles. The summed E-state index contributed by atoms with van der Waals surface area (Å²) in [5, 5.41) is 12.7. The van der Waals surface area contributed by atoms with Gasteiger partial charge >= 0.3 is 0 Å². The van der Waals surface area contributed by atoms with E-state index in [0.29, 0.717) is 35.8 Å². The van der Waals surface area contributed by atoms with E-state index >= 15 is 0 Å². The van der Waals surface area contributed by atoms with Crippen LogP contribution in [0.5, 0.6) is 0 Å². The van der Waals surface area contributed by atoms with E-state index in [1.54, 1.807) is 11.3 Å². The predicted molar refractivity (Wildman–Crippen MR) is 115 cm³/mol. The first-order valence-electron chi connectivity index (χ1n) is 9.97. The number of imidazole rings is 1. The average molecular weight is 431 g/mol. The van der Waals surface area contributed by atoms with Crippen LogP contribution in [0.1, 0.15) is 57.5 Å². The molecule has 0 spiro atoms. The highest BCUT2D eigenvalue weighted by atomic mass is 35.5. The predicted octanol–water partition coefficient (Wildman–Crippen LogP) is 4.81. The van der Waals surface area contributed by atoms with Gasteiger partial charge in [0.05, 0.1) is 11.5 Å². The van der Waals surface area contributed by atoms with Crippen LogP contribution in [0.15, 0.2) is 17.5 Å². The van der Waals surface area contributed by atoms with Crippen LogP contribution in [-0.2, 0) is 4.74 Å². The molecule has 0 bridgehead atoms. The largest absolute Gasteiger partial charge is 0.388 e. The van der Waals surface area contributed by atoms with Crippen molar-refractivity contribution in [2.75, 3.05) is 6.61 Å². The number of unbranched alkanes of at least 4 members (excludes halogenated alkanes) is 4. The lowest BCUT2D eigenvalue weighted by atomic mass is 10.2. The number of hydrogen-bond donors (Lipinski definition) is 1. The van der Waals surface area contributed by atoms with Gasteiger partial charge in [0.1, 0.15) is 11.6 Å². The molecule has 4 rings (SSSR count). The molecule has 0 aliphatic carbocycles. The van der Waals surface area contributed by atoms with E-state index in [4.69, 9.17) is 16.3 Å². The molecule has 0 saturated carbocycles. The quantitative estimate of drug-likeness (QED) is 0.345. The van der Waals surface area contributed by atoms with Crippen LogP contribution in [0.3, 0.4) is 0 Å². The first kappa shape index (κ1) is 20.3. The number of rotatable bonds is 6. The minimum atomic E-state index is -0.632. The fraction of sp³-hybridized carbons (Fsp3) is 0.476. The molecule has 0 radical (unpaired) electrons. The number of aliphatic hydroxyl groups is 1. The van der Waals surface area contributed by atoms with Crippen LogP contribution in [0.2, 0.25) is 5.15 Å². The minimum absolute atomic E-state index is 0.259. The van der Waals surface area contributed by atoms with Crippen LogP contribution in [0.4, 0.5) is 0 Å². The number of aliphatic hydroxyl groups excluding tert-OH is 1. The van der Waals surface area contributed by atoms with E-state index in [9.17, 15) is 5.11 Å². The number of fused-ring (bicyclic) bond motifs is 1. The zero-order valence-electron chi connectivity index (χ0n) is 16.3. The molecular formula is C21H23ClN4O2S. The van der Waals surface area contributed by atoms with Crippen molar-refractivity contribution in [3.63, 3.8) is 0 Å². The van der Waals surface area contributed by atoms with E-state index in [2.05, 4.69) is 33.7 Å². The standard InChI is InChI=1S/C21H23ClN4O2S/c1-2-3-4-5-6-7-10-16-23-18(22)17-20(24-16)26(21-14(27)11-12-28-21)19(25-17)15-9-8-13-29-15/h8-9,13-14,21,27H,2-6,11-12H2,1H3/t14-,21-/m1/s1. The fourth-order valence-electron chi connectivity index (χ4n) is 3.41. The maximum Gasteiger partial charge on any atom is 0.208 e. The number of nitrogens with zero attached hydrogens (tertiary/aromatic N) is 4. The second-order valence-electron chi connectivity index (χ2n) is 7.02. The van der Waals surface area contributed by atoms with Gasteiger partial charge in [-0.25, -0.2) is 15.0 Å². The Kier molecular flexibility index (Phi) is 6.46. The number of halogens is 1. The second kappa shape index (κ2) is 9.23. The lowest BCUT2D eigenvalue weighted by Crippen LogP contribution is -2.20. The number of aromatic nitrogens is 4. The van der Waals surface area contributed by atoms with E-state index in [0.717, 1.165) is 17.7 Å². The Hall–Kier alpha value is -1.98. The minimum Gasteiger partial charge on any atom is -0.388 e. The van der Waals surface area contributed by atoms with Crippen LogP contribution >= 0.6 is 22.9 Å². The fourth-order valence-corrected chi connectivity index (χ4v) is 4.33. The summed E-state index contributed by atoms with van der Waals surface area (Å²) in [7, 11) is 0. The molecule has 0 amide bonds. The average Bonchev–Trinajstić information content (AvgIpc) is 3.44. The molecule has 6 nitrogen and oxygen atoms in total. The molecule has 4 heterocycles. The second-order valence-corrected chi connectivity index (χ2v) is 8.33. The molecular weight excluding hydrogens is 408 g/mol. The Morgan fingerprint density at radius 1 is 1.31 bits per heavy atom. The molecule has 2 atom stereocenters. The summed E-state index contributed by atoms with van der Waals surface area (Å²) < 4.78 is 7.64. The molecule has 29 heavy (non-hydrogen) atoms. The molecule has 0 aromatic carbocycles. The third-order valence-electron chi connectivity index (χ3n) is 4.88. The van der Waals surface area contributed by atoms with E-state index in [1.807, 2.05) is 22.1 Å². The van der Waals surface area contributed by atoms with Crippen LogP contribution in [0.25, 0.3) is 21.9 Å². The Morgan fingerprint density at radius 3 is 2.93 bits per heavy atom. The molecule has 1 N–H and O–H groups in total. The van der Waals surface area contributed by atoms with Gasteiger partial charge in [-0.2, -0.15) is 0 Å². The Balaban J connectivity index is 1.74. The SMILES string of the molecule is CCCCCCC#Cc1nc(Cl)c2nc(-c3cccs3)n([C@@H]3OCC[C@H]3O)c2n1. The number of thiophene rings is 1. The van der Waals surface area contributed by atoms with Gasteiger partial charge in [0.2, 0.25) is 5.82 Å². The molecule has 1 aliphatic rings. The van der Waals surface area contributed by atoms with Crippen molar-refractivity contribution in [2.24, 2.45) is 0 Å². The summed E-state index contributed by atoms with van der Waals surface area (Å²) in [5.74, 6) is 7.21. The van der Waals surface area contributed by atoms with Crippen LogP contribution in [-0.4, -0.2) is 37.3 Å². The zero-order chi connectivity index (χ0) is 20.2. The maximum atomic E-state index is 10.5. The van der Waals surface area contributed by atoms with Gasteiger partial charge in [-0.1, -0.05) is 49.8 Å². The molecule has 152 valence electrons. The Labute approximate surface area is 178 Å². The highest BCUT2D eigenvalue weighted by molar-refractivity contribution is 7.13. The summed E-state index contributed by atoms with van der Waals surface area (Å²) in [5.41, 5.74) is 1.03. The van der Waals surface area contributed by atoms with Gasteiger partial charge in [-0.15, -0.1) is 11.3 Å². The normalized spacial score (nSPS) is 18.9. The van der Waals surface area contributed by atoms with Crippen molar-refractivity contribution in [1.82, 2.24) is 19.5 Å². The number of ether oxygens (including phenoxy) is 1. The molecule has 0 unspecified atom stereocenters. The third kappa shape index (κ3) is 4.31. The maximum absolute atomic E-state index is 10.5. The summed E-state index contributed by atoms with van der Waals surface area (Å²) in [6.45, 7) is 2.67. The summed E-state index contributed by atoms with van der Waals surface area (Å²) >= 11 is 8.00. The molecule has 8 heteroatoms. The lowest BCUT2D eigenvalue weighted by molar-refractivity contribution is -0.00513. The van der Waals surface area contributed by atoms with Gasteiger partial charge < -0.3 is 9.84 Å². The molecule has 1 aliphatic heterocycles. The van der Waals surface area contributed by atoms with Gasteiger partial charge in [-0.3, -0.25) is 4.57 Å². The van der Waals surface area contributed by atoms with E-state index in [-0.39, 0.29) is 5.15 Å². The van der Waals surface area contributed by atoms with Crippen molar-refractivity contribution in [3.8, 4) is 22.5 Å². The topological polar surface area (TPSA) is 73.1 Å². The zero-order valence-corrected chi connectivity index (χ0v) is 17.8. The van der Waals surface area contributed by atoms with Crippen molar-refractivity contribution >= 4 is 34.1 Å². The van der Waals surface area contributed by atoms with Gasteiger partial charge in [0.25, 0.3) is 0 Å². The first-order chi connectivity index (χ1) is 14.2. The van der Waals surface area contributed by atoms with E-state index in [1.165, 1.54) is 19.3 Å². The highest BCUT2D eigenvalue weighted by Gasteiger charge is 2.33. The first-order valence-corrected chi connectivity index (χ1v) is 11.2. The van der Waals surface area contributed by atoms with Crippen LogP contribution in [0, 0.1) is 11.8 Å². The van der Waals surface area contributed by atoms with Gasteiger partial charge in [0.15, 0.2) is 22.9 Å². The van der Waals surface area contributed by atoms with Gasteiger partial charge in [-0.05, 0) is 23.8 Å². The molecule has 1 saturated heterocycles. The molecule has 3 aromatic rings. The summed E-state index contributed by atoms with van der Waals surface area (Å²) in [6, 6.07) is 3.93. The highest BCUT2D eigenvalue weighted by Crippen LogP contribution is 2.36. The summed E-state index contributed by atoms with van der Waals surface area (Å²) in [4.78, 5) is 14.6. The van der Waals surface area contributed by atoms with E-state index < -0.39 is 12.3 Å². The monoisotopic (exact) mass is 430 g/mol. The Bertz CT molecular complexity index is 1040. The van der Waals surface area contributed by atoms with Crippen molar-refractivity contribution < 1.29 is 9.84 Å². The third-order valence-corrected chi connectivity index (χ3v) is 6.01.